The zero-order chi connectivity index (χ0) is 11.9. The average Bonchev–Trinajstić information content (AvgIpc) is 3.03. The average molecular weight is 259 g/mol. The Bertz CT molecular complexity index is 378. The summed E-state index contributed by atoms with van der Waals surface area (Å²) in [6.45, 7) is 2.29. The molecule has 3 aliphatic rings. The lowest BCUT2D eigenvalue weighted by Crippen LogP contribution is -2.47. The van der Waals surface area contributed by atoms with Crippen LogP contribution in [0.4, 0.5) is 0 Å². The zero-order valence-electron chi connectivity index (χ0n) is 10.1. The third kappa shape index (κ3) is 2.36. The van der Waals surface area contributed by atoms with Gasteiger partial charge in [0.25, 0.3) is 10.2 Å². The molecular formula is C11H21N3O2S. The van der Waals surface area contributed by atoms with Gasteiger partial charge in [0.2, 0.25) is 0 Å². The maximum absolute atomic E-state index is 12.2. The first-order valence-electron chi connectivity index (χ1n) is 6.65. The number of hydrogen-bond donors (Lipinski definition) is 2. The van der Waals surface area contributed by atoms with Gasteiger partial charge in [0.05, 0.1) is 0 Å². The molecule has 0 radical (unpaired) electrons. The highest BCUT2D eigenvalue weighted by Crippen LogP contribution is 2.38. The summed E-state index contributed by atoms with van der Waals surface area (Å²) >= 11 is 0. The summed E-state index contributed by atoms with van der Waals surface area (Å²) in [6, 6.07) is 0.596. The lowest BCUT2D eigenvalue weighted by Gasteiger charge is -2.26. The van der Waals surface area contributed by atoms with Crippen molar-refractivity contribution in [1.29, 1.82) is 0 Å². The van der Waals surface area contributed by atoms with Gasteiger partial charge in [-0.25, -0.2) is 4.72 Å². The maximum atomic E-state index is 12.2. The fourth-order valence-electron chi connectivity index (χ4n) is 3.39. The topological polar surface area (TPSA) is 61.4 Å². The molecule has 2 aliphatic heterocycles. The second-order valence-corrected chi connectivity index (χ2v) is 7.26. The molecule has 0 aromatic heterocycles. The zero-order valence-corrected chi connectivity index (χ0v) is 10.9. The highest BCUT2D eigenvalue weighted by molar-refractivity contribution is 7.87. The SMILES string of the molecule is O=S(=O)(NCC1CCCN1)N1CC2CCC1C2. The Morgan fingerprint density at radius 1 is 1.29 bits per heavy atom. The van der Waals surface area contributed by atoms with Gasteiger partial charge in [0, 0.05) is 25.2 Å². The highest BCUT2D eigenvalue weighted by atomic mass is 32.2. The molecule has 0 aromatic carbocycles. The van der Waals surface area contributed by atoms with E-state index in [4.69, 9.17) is 0 Å². The smallest absolute Gasteiger partial charge is 0.279 e. The van der Waals surface area contributed by atoms with Crippen molar-refractivity contribution in [2.24, 2.45) is 5.92 Å². The molecule has 17 heavy (non-hydrogen) atoms. The Labute approximate surface area is 103 Å². The summed E-state index contributed by atoms with van der Waals surface area (Å²) in [5, 5.41) is 3.31. The second kappa shape index (κ2) is 4.50. The molecule has 3 atom stereocenters. The van der Waals surface area contributed by atoms with Gasteiger partial charge in [-0.2, -0.15) is 12.7 Å². The molecule has 2 saturated heterocycles. The molecule has 3 fully saturated rings. The molecule has 0 amide bonds. The molecule has 3 unspecified atom stereocenters. The number of hydrogen-bond acceptors (Lipinski definition) is 3. The van der Waals surface area contributed by atoms with Crippen molar-refractivity contribution in [2.75, 3.05) is 19.6 Å². The van der Waals surface area contributed by atoms with Crippen molar-refractivity contribution in [3.63, 3.8) is 0 Å². The van der Waals surface area contributed by atoms with E-state index in [0.29, 0.717) is 18.5 Å². The van der Waals surface area contributed by atoms with E-state index in [0.717, 1.165) is 38.8 Å². The summed E-state index contributed by atoms with van der Waals surface area (Å²) in [6.07, 6.45) is 5.56. The summed E-state index contributed by atoms with van der Waals surface area (Å²) < 4.78 is 28.8. The summed E-state index contributed by atoms with van der Waals surface area (Å²) in [4.78, 5) is 0. The number of fused-ring (bicyclic) bond motifs is 2. The fourth-order valence-corrected chi connectivity index (χ4v) is 4.96. The first-order chi connectivity index (χ1) is 8.15. The van der Waals surface area contributed by atoms with E-state index in [1.807, 2.05) is 0 Å². The van der Waals surface area contributed by atoms with Gasteiger partial charge < -0.3 is 5.32 Å². The molecule has 0 spiro atoms. The Morgan fingerprint density at radius 2 is 2.18 bits per heavy atom. The van der Waals surface area contributed by atoms with Crippen LogP contribution in [0.15, 0.2) is 0 Å². The molecule has 1 saturated carbocycles. The van der Waals surface area contributed by atoms with Crippen LogP contribution < -0.4 is 10.0 Å². The van der Waals surface area contributed by atoms with Crippen LogP contribution in [0.1, 0.15) is 32.1 Å². The third-order valence-electron chi connectivity index (χ3n) is 4.34. The van der Waals surface area contributed by atoms with Crippen molar-refractivity contribution in [2.45, 2.75) is 44.2 Å². The molecule has 1 aliphatic carbocycles. The van der Waals surface area contributed by atoms with E-state index < -0.39 is 10.2 Å². The van der Waals surface area contributed by atoms with Crippen molar-refractivity contribution in [3.05, 3.63) is 0 Å². The Balaban J connectivity index is 1.57. The number of piperidine rings is 1. The largest absolute Gasteiger partial charge is 0.313 e. The van der Waals surface area contributed by atoms with Crippen molar-refractivity contribution < 1.29 is 8.42 Å². The van der Waals surface area contributed by atoms with Crippen LogP contribution in [0, 0.1) is 5.92 Å². The van der Waals surface area contributed by atoms with Crippen LogP contribution in [-0.2, 0) is 10.2 Å². The first kappa shape index (κ1) is 11.9. The second-order valence-electron chi connectivity index (χ2n) is 5.55. The molecule has 6 heteroatoms. The molecule has 3 rings (SSSR count). The molecule has 2 heterocycles. The number of nitrogens with zero attached hydrogens (tertiary/aromatic N) is 1. The van der Waals surface area contributed by atoms with Crippen LogP contribution in [0.3, 0.4) is 0 Å². The molecule has 98 valence electrons. The minimum Gasteiger partial charge on any atom is -0.313 e. The van der Waals surface area contributed by atoms with Gasteiger partial charge >= 0.3 is 0 Å². The molecule has 0 aromatic rings. The van der Waals surface area contributed by atoms with E-state index in [-0.39, 0.29) is 6.04 Å². The number of nitrogens with one attached hydrogen (secondary N) is 2. The highest BCUT2D eigenvalue weighted by Gasteiger charge is 2.43. The maximum Gasteiger partial charge on any atom is 0.279 e. The standard InChI is InChI=1S/C11H21N3O2S/c15-17(16,13-7-10-2-1-5-12-10)14-8-9-3-4-11(14)6-9/h9-13H,1-8H2. The molecular weight excluding hydrogens is 238 g/mol. The molecule has 2 bridgehead atoms. The minimum atomic E-state index is -3.24. The lowest BCUT2D eigenvalue weighted by molar-refractivity contribution is 0.327. The van der Waals surface area contributed by atoms with Gasteiger partial charge in [0.15, 0.2) is 0 Å². The van der Waals surface area contributed by atoms with Crippen molar-refractivity contribution in [3.8, 4) is 0 Å². The summed E-state index contributed by atoms with van der Waals surface area (Å²) in [5.74, 6) is 0.612. The Kier molecular flexibility index (Phi) is 3.15. The van der Waals surface area contributed by atoms with Gasteiger partial charge in [-0.1, -0.05) is 0 Å². The summed E-state index contributed by atoms with van der Waals surface area (Å²) in [7, 11) is -3.24. The van der Waals surface area contributed by atoms with Crippen LogP contribution in [-0.4, -0.2) is 44.4 Å². The van der Waals surface area contributed by atoms with Crippen molar-refractivity contribution in [1.82, 2.24) is 14.3 Å². The summed E-state index contributed by atoms with van der Waals surface area (Å²) in [5.41, 5.74) is 0. The van der Waals surface area contributed by atoms with E-state index in [1.165, 1.54) is 6.42 Å². The lowest BCUT2D eigenvalue weighted by atomic mass is 10.1. The van der Waals surface area contributed by atoms with E-state index in [9.17, 15) is 8.42 Å². The number of rotatable bonds is 4. The monoisotopic (exact) mass is 259 g/mol. The van der Waals surface area contributed by atoms with E-state index in [1.54, 1.807) is 4.31 Å². The normalized spacial score (nSPS) is 38.0. The van der Waals surface area contributed by atoms with E-state index in [2.05, 4.69) is 10.0 Å². The molecule has 5 nitrogen and oxygen atoms in total. The van der Waals surface area contributed by atoms with Gasteiger partial charge in [-0.3, -0.25) is 0 Å². The Hall–Kier alpha value is -0.170. The quantitative estimate of drug-likeness (QED) is 0.750. The van der Waals surface area contributed by atoms with Crippen LogP contribution >= 0.6 is 0 Å². The van der Waals surface area contributed by atoms with Crippen LogP contribution in [0.25, 0.3) is 0 Å². The van der Waals surface area contributed by atoms with Crippen molar-refractivity contribution >= 4 is 10.2 Å². The van der Waals surface area contributed by atoms with Crippen LogP contribution in [0.5, 0.6) is 0 Å². The first-order valence-corrected chi connectivity index (χ1v) is 8.09. The molecule has 2 N–H and O–H groups in total. The van der Waals surface area contributed by atoms with Gasteiger partial charge in [0.1, 0.15) is 0 Å². The Morgan fingerprint density at radius 3 is 2.76 bits per heavy atom. The van der Waals surface area contributed by atoms with Gasteiger partial charge in [-0.05, 0) is 44.6 Å². The third-order valence-corrected chi connectivity index (χ3v) is 5.94. The minimum absolute atomic E-state index is 0.272. The fraction of sp³-hybridized carbons (Fsp3) is 1.00. The van der Waals surface area contributed by atoms with E-state index >= 15 is 0 Å². The predicted octanol–water partition coefficient (Wildman–Crippen LogP) is 0.0571. The van der Waals surface area contributed by atoms with Gasteiger partial charge in [-0.15, -0.1) is 0 Å². The van der Waals surface area contributed by atoms with Crippen LogP contribution in [0.2, 0.25) is 0 Å². The predicted molar refractivity (Wildman–Crippen MR) is 65.8 cm³/mol.